The fourth-order valence-electron chi connectivity index (χ4n) is 3.17. The van der Waals surface area contributed by atoms with Gasteiger partial charge in [0.25, 0.3) is 5.56 Å². The molecule has 0 bridgehead atoms. The lowest BCUT2D eigenvalue weighted by molar-refractivity contribution is -0.115. The van der Waals surface area contributed by atoms with Crippen molar-refractivity contribution in [2.24, 2.45) is 7.05 Å². The summed E-state index contributed by atoms with van der Waals surface area (Å²) in [5.41, 5.74) is 2.71. The summed E-state index contributed by atoms with van der Waals surface area (Å²) in [6, 6.07) is 15.3. The number of anilines is 1. The van der Waals surface area contributed by atoms with Gasteiger partial charge in [-0.15, -0.1) is 11.3 Å². The molecule has 0 fully saturated rings. The maximum Gasteiger partial charge on any atom is 0.295 e. The van der Waals surface area contributed by atoms with Crippen LogP contribution in [0.1, 0.15) is 11.4 Å². The molecule has 4 rings (SSSR count). The number of benzene rings is 2. The van der Waals surface area contributed by atoms with E-state index >= 15 is 0 Å². The minimum atomic E-state index is -0.322. The fourth-order valence-corrected chi connectivity index (χ4v) is 4.00. The van der Waals surface area contributed by atoms with Gasteiger partial charge in [-0.1, -0.05) is 18.2 Å². The van der Waals surface area contributed by atoms with Crippen LogP contribution >= 0.6 is 11.3 Å². The number of carbonyl (C=O) groups excluding carboxylic acids is 1. The van der Waals surface area contributed by atoms with Crippen LogP contribution < -0.4 is 10.9 Å². The van der Waals surface area contributed by atoms with Crippen LogP contribution in [-0.4, -0.2) is 20.3 Å². The summed E-state index contributed by atoms with van der Waals surface area (Å²) in [4.78, 5) is 29.9. The summed E-state index contributed by atoms with van der Waals surface area (Å²) >= 11 is 1.38. The van der Waals surface area contributed by atoms with Crippen molar-refractivity contribution in [2.75, 3.05) is 5.32 Å². The van der Waals surface area contributed by atoms with E-state index < -0.39 is 0 Å². The molecule has 0 aliphatic heterocycles. The first-order valence-electron chi connectivity index (χ1n) is 9.28. The molecule has 0 radical (unpaired) electrons. The van der Waals surface area contributed by atoms with Gasteiger partial charge in [0.05, 0.1) is 23.5 Å². The normalized spacial score (nSPS) is 10.9. The average Bonchev–Trinajstić information content (AvgIpc) is 3.28. The first kappa shape index (κ1) is 19.8. The number of hydrogen-bond donors (Lipinski definition) is 1. The molecule has 0 saturated carbocycles. The summed E-state index contributed by atoms with van der Waals surface area (Å²) in [7, 11) is 1.77. The Morgan fingerprint density at radius 2 is 1.83 bits per heavy atom. The van der Waals surface area contributed by atoms with Crippen molar-refractivity contribution in [2.45, 2.75) is 13.3 Å². The molecule has 30 heavy (non-hydrogen) atoms. The molecule has 2 aromatic heterocycles. The third-order valence-electron chi connectivity index (χ3n) is 4.80. The number of aromatic nitrogens is 3. The van der Waals surface area contributed by atoms with Crippen LogP contribution in [-0.2, 0) is 18.3 Å². The zero-order valence-corrected chi connectivity index (χ0v) is 17.2. The van der Waals surface area contributed by atoms with E-state index in [-0.39, 0.29) is 29.4 Å². The van der Waals surface area contributed by atoms with Crippen molar-refractivity contribution < 1.29 is 9.18 Å². The first-order valence-corrected chi connectivity index (χ1v) is 10.2. The first-order chi connectivity index (χ1) is 14.4. The SMILES string of the molecule is Cc1c(NC(=O)Cc2csc(-c3ccc(F)cc3)n2)c(=O)n(-c2ccccc2)n1C. The highest BCUT2D eigenvalue weighted by Crippen LogP contribution is 2.24. The molecule has 0 spiro atoms. The van der Waals surface area contributed by atoms with Crippen molar-refractivity contribution in [1.82, 2.24) is 14.3 Å². The second-order valence-electron chi connectivity index (χ2n) is 6.81. The van der Waals surface area contributed by atoms with Crippen molar-refractivity contribution in [1.29, 1.82) is 0 Å². The number of nitrogens with zero attached hydrogens (tertiary/aromatic N) is 3. The largest absolute Gasteiger partial charge is 0.320 e. The fraction of sp³-hybridized carbons (Fsp3) is 0.136. The molecule has 0 aliphatic rings. The van der Waals surface area contributed by atoms with Crippen molar-refractivity contribution in [3.05, 3.63) is 87.5 Å². The second kappa shape index (κ2) is 8.08. The number of rotatable bonds is 5. The van der Waals surface area contributed by atoms with E-state index in [1.54, 1.807) is 36.2 Å². The van der Waals surface area contributed by atoms with Crippen LogP contribution in [0.15, 0.2) is 64.8 Å². The minimum Gasteiger partial charge on any atom is -0.320 e. The number of amides is 1. The zero-order chi connectivity index (χ0) is 21.3. The third-order valence-corrected chi connectivity index (χ3v) is 5.74. The van der Waals surface area contributed by atoms with E-state index in [0.29, 0.717) is 16.4 Å². The predicted octanol–water partition coefficient (Wildman–Crippen LogP) is 3.93. The number of halogens is 1. The molecule has 0 atom stereocenters. The van der Waals surface area contributed by atoms with Gasteiger partial charge in [-0.25, -0.2) is 14.1 Å². The van der Waals surface area contributed by atoms with Gasteiger partial charge in [0.2, 0.25) is 5.91 Å². The monoisotopic (exact) mass is 422 g/mol. The van der Waals surface area contributed by atoms with E-state index in [0.717, 1.165) is 11.3 Å². The van der Waals surface area contributed by atoms with Gasteiger partial charge < -0.3 is 5.32 Å². The Labute approximate surface area is 176 Å². The van der Waals surface area contributed by atoms with E-state index in [1.807, 2.05) is 30.3 Å². The lowest BCUT2D eigenvalue weighted by atomic mass is 10.2. The number of thiazole rings is 1. The lowest BCUT2D eigenvalue weighted by Gasteiger charge is -2.07. The molecule has 8 heteroatoms. The summed E-state index contributed by atoms with van der Waals surface area (Å²) in [5.74, 6) is -0.633. The Balaban J connectivity index is 1.53. The summed E-state index contributed by atoms with van der Waals surface area (Å²) in [6.07, 6.45) is 0.0385. The van der Waals surface area contributed by atoms with Gasteiger partial charge in [0, 0.05) is 18.0 Å². The summed E-state index contributed by atoms with van der Waals surface area (Å²) in [5, 5.41) is 5.23. The number of para-hydroxylation sites is 1. The van der Waals surface area contributed by atoms with Crippen LogP contribution in [0, 0.1) is 12.7 Å². The highest BCUT2D eigenvalue weighted by molar-refractivity contribution is 7.13. The zero-order valence-electron chi connectivity index (χ0n) is 16.4. The molecular weight excluding hydrogens is 403 g/mol. The Morgan fingerprint density at radius 3 is 2.53 bits per heavy atom. The van der Waals surface area contributed by atoms with Crippen LogP contribution in [0.25, 0.3) is 16.3 Å². The third kappa shape index (κ3) is 3.81. The molecule has 4 aromatic rings. The van der Waals surface area contributed by atoms with Crippen molar-refractivity contribution in [3.63, 3.8) is 0 Å². The standard InChI is InChI=1S/C22H19FN4O2S/c1-14-20(22(29)27(26(14)2)18-6-4-3-5-7-18)25-19(28)12-17-13-30-21(24-17)15-8-10-16(23)11-9-15/h3-11,13H,12H2,1-2H3,(H,25,28). The summed E-state index contributed by atoms with van der Waals surface area (Å²) in [6.45, 7) is 1.78. The van der Waals surface area contributed by atoms with E-state index in [9.17, 15) is 14.0 Å². The Kier molecular flexibility index (Phi) is 5.33. The highest BCUT2D eigenvalue weighted by atomic mass is 32.1. The lowest BCUT2D eigenvalue weighted by Crippen LogP contribution is -2.23. The number of hydrogen-bond acceptors (Lipinski definition) is 4. The molecule has 1 amide bonds. The van der Waals surface area contributed by atoms with Crippen molar-refractivity contribution >= 4 is 22.9 Å². The van der Waals surface area contributed by atoms with Gasteiger partial charge in [-0.2, -0.15) is 0 Å². The quantitative estimate of drug-likeness (QED) is 0.530. The molecule has 2 heterocycles. The van der Waals surface area contributed by atoms with Gasteiger partial charge >= 0.3 is 0 Å². The highest BCUT2D eigenvalue weighted by Gasteiger charge is 2.19. The van der Waals surface area contributed by atoms with Gasteiger partial charge in [0.1, 0.15) is 16.5 Å². The molecule has 2 aromatic carbocycles. The molecular formula is C22H19FN4O2S. The maximum absolute atomic E-state index is 13.1. The number of nitrogens with one attached hydrogen (secondary N) is 1. The van der Waals surface area contributed by atoms with Crippen LogP contribution in [0.3, 0.4) is 0 Å². The van der Waals surface area contributed by atoms with Crippen LogP contribution in [0.2, 0.25) is 0 Å². The van der Waals surface area contributed by atoms with Crippen LogP contribution in [0.4, 0.5) is 10.1 Å². The molecule has 0 saturated heterocycles. The molecule has 0 unspecified atom stereocenters. The van der Waals surface area contributed by atoms with E-state index in [2.05, 4.69) is 10.3 Å². The topological polar surface area (TPSA) is 68.9 Å². The Bertz CT molecular complexity index is 1260. The molecule has 6 nitrogen and oxygen atoms in total. The summed E-state index contributed by atoms with van der Waals surface area (Å²) < 4.78 is 16.3. The van der Waals surface area contributed by atoms with Gasteiger partial charge in [0.15, 0.2) is 0 Å². The smallest absolute Gasteiger partial charge is 0.295 e. The Hall–Kier alpha value is -3.52. The second-order valence-corrected chi connectivity index (χ2v) is 7.67. The predicted molar refractivity (Wildman–Crippen MR) is 116 cm³/mol. The maximum atomic E-state index is 13.1. The Morgan fingerprint density at radius 1 is 1.13 bits per heavy atom. The molecule has 0 aliphatic carbocycles. The molecule has 152 valence electrons. The van der Waals surface area contributed by atoms with E-state index in [1.165, 1.54) is 28.2 Å². The number of carbonyl (C=O) groups is 1. The van der Waals surface area contributed by atoms with Gasteiger partial charge in [-0.3, -0.25) is 14.3 Å². The van der Waals surface area contributed by atoms with Gasteiger partial charge in [-0.05, 0) is 43.3 Å². The molecule has 1 N–H and O–H groups in total. The van der Waals surface area contributed by atoms with Crippen LogP contribution in [0.5, 0.6) is 0 Å². The van der Waals surface area contributed by atoms with E-state index in [4.69, 9.17) is 0 Å². The average molecular weight is 422 g/mol. The van der Waals surface area contributed by atoms with Crippen molar-refractivity contribution in [3.8, 4) is 16.3 Å². The minimum absolute atomic E-state index is 0.0385.